The number of hydrogen-bond donors (Lipinski definition) is 0. The zero-order valence-corrected chi connectivity index (χ0v) is 12.3. The second-order valence-electron chi connectivity index (χ2n) is 4.83. The van der Waals surface area contributed by atoms with Gasteiger partial charge in [-0.25, -0.2) is 8.42 Å². The molecule has 0 atom stereocenters. The molecule has 0 amide bonds. The molecule has 1 saturated heterocycles. The molecular weight excluding hydrogens is 278 g/mol. The van der Waals surface area contributed by atoms with Gasteiger partial charge in [-0.1, -0.05) is 0 Å². The van der Waals surface area contributed by atoms with Gasteiger partial charge < -0.3 is 0 Å². The van der Waals surface area contributed by atoms with Crippen LogP contribution in [0.1, 0.15) is 31.6 Å². The molecule has 1 aromatic heterocycles. The Morgan fingerprint density at radius 2 is 2.24 bits per heavy atom. The van der Waals surface area contributed by atoms with Gasteiger partial charge in [0.2, 0.25) is 10.0 Å². The van der Waals surface area contributed by atoms with Crippen LogP contribution in [-0.4, -0.2) is 24.8 Å². The first-order chi connectivity index (χ1) is 7.89. The Hall–Kier alpha value is -0.100. The third kappa shape index (κ3) is 2.26. The van der Waals surface area contributed by atoms with Crippen molar-refractivity contribution in [3.05, 3.63) is 16.3 Å². The molecule has 0 aliphatic carbocycles. The predicted octanol–water partition coefficient (Wildman–Crippen LogP) is 3.05. The fraction of sp³-hybridized carbons (Fsp3) is 0.636. The first-order valence-corrected chi connectivity index (χ1v) is 8.40. The fourth-order valence-corrected chi connectivity index (χ4v) is 5.83. The Balaban J connectivity index is 2.44. The molecule has 96 valence electrons. The second kappa shape index (κ2) is 4.53. The van der Waals surface area contributed by atoms with Crippen LogP contribution in [0.4, 0.5) is 0 Å². The molecule has 2 heterocycles. The first-order valence-electron chi connectivity index (χ1n) is 5.55. The largest absolute Gasteiger partial charge is 0.244 e. The molecule has 0 radical (unpaired) electrons. The van der Waals surface area contributed by atoms with Gasteiger partial charge in [-0.05, 0) is 38.1 Å². The van der Waals surface area contributed by atoms with Crippen LogP contribution >= 0.6 is 22.9 Å². The third-order valence-corrected chi connectivity index (χ3v) is 6.89. The van der Waals surface area contributed by atoms with Crippen LogP contribution in [0.3, 0.4) is 0 Å². The summed E-state index contributed by atoms with van der Waals surface area (Å²) in [5.74, 6) is 0.250. The predicted molar refractivity (Wildman–Crippen MR) is 71.1 cm³/mol. The topological polar surface area (TPSA) is 37.4 Å². The van der Waals surface area contributed by atoms with Gasteiger partial charge in [-0.15, -0.1) is 22.9 Å². The molecule has 1 aromatic rings. The average Bonchev–Trinajstić information content (AvgIpc) is 2.83. The van der Waals surface area contributed by atoms with E-state index in [-0.39, 0.29) is 11.4 Å². The van der Waals surface area contributed by atoms with Crippen LogP contribution in [-0.2, 0) is 15.9 Å². The van der Waals surface area contributed by atoms with Gasteiger partial charge in [0.1, 0.15) is 0 Å². The number of sulfonamides is 1. The number of rotatable bonds is 3. The Morgan fingerprint density at radius 3 is 2.76 bits per heavy atom. The molecule has 2 rings (SSSR count). The summed E-state index contributed by atoms with van der Waals surface area (Å²) in [6, 6.07) is 1.66. The van der Waals surface area contributed by atoms with Gasteiger partial charge >= 0.3 is 0 Å². The minimum Gasteiger partial charge on any atom is -0.207 e. The number of thiophene rings is 1. The Labute approximate surface area is 111 Å². The highest BCUT2D eigenvalue weighted by molar-refractivity contribution is 7.89. The second-order valence-corrected chi connectivity index (χ2v) is 7.93. The van der Waals surface area contributed by atoms with E-state index in [9.17, 15) is 8.42 Å². The molecule has 0 bridgehead atoms. The maximum Gasteiger partial charge on any atom is 0.244 e. The van der Waals surface area contributed by atoms with Crippen molar-refractivity contribution < 1.29 is 8.42 Å². The van der Waals surface area contributed by atoms with Crippen LogP contribution in [0.25, 0.3) is 0 Å². The van der Waals surface area contributed by atoms with E-state index in [0.717, 1.165) is 17.7 Å². The van der Waals surface area contributed by atoms with E-state index >= 15 is 0 Å². The lowest BCUT2D eigenvalue weighted by Crippen LogP contribution is -2.42. The lowest BCUT2D eigenvalue weighted by atomic mass is 10.0. The Morgan fingerprint density at radius 1 is 1.53 bits per heavy atom. The quantitative estimate of drug-likeness (QED) is 0.803. The Bertz CT molecular complexity index is 507. The van der Waals surface area contributed by atoms with Crippen LogP contribution in [0.2, 0.25) is 0 Å². The van der Waals surface area contributed by atoms with Crippen molar-refractivity contribution in [1.82, 2.24) is 4.31 Å². The van der Waals surface area contributed by atoms with Crippen molar-refractivity contribution >= 4 is 33.0 Å². The smallest absolute Gasteiger partial charge is 0.207 e. The van der Waals surface area contributed by atoms with E-state index in [1.807, 2.05) is 13.8 Å². The lowest BCUT2D eigenvalue weighted by molar-refractivity contribution is 0.291. The molecule has 1 fully saturated rings. The fourth-order valence-electron chi connectivity index (χ4n) is 2.30. The van der Waals surface area contributed by atoms with Gasteiger partial charge in [-0.3, -0.25) is 0 Å². The molecular formula is C11H16ClNO2S2. The van der Waals surface area contributed by atoms with E-state index in [1.54, 1.807) is 15.8 Å². The van der Waals surface area contributed by atoms with Gasteiger partial charge in [0.15, 0.2) is 0 Å². The van der Waals surface area contributed by atoms with Crippen molar-refractivity contribution in [3.63, 3.8) is 0 Å². The minimum absolute atomic E-state index is 0.250. The molecule has 0 N–H and O–H groups in total. The summed E-state index contributed by atoms with van der Waals surface area (Å²) in [6.45, 7) is 4.56. The van der Waals surface area contributed by atoms with Crippen molar-refractivity contribution in [2.75, 3.05) is 6.54 Å². The summed E-state index contributed by atoms with van der Waals surface area (Å²) in [6.07, 6.45) is 1.83. The average molecular weight is 294 g/mol. The highest BCUT2D eigenvalue weighted by Crippen LogP contribution is 2.36. The van der Waals surface area contributed by atoms with E-state index in [0.29, 0.717) is 11.4 Å². The zero-order valence-electron chi connectivity index (χ0n) is 9.94. The standard InChI is InChI=1S/C11H16ClNO2S2/c1-11(2)5-3-6-13(11)17(14,15)10-4-7-16-9(10)8-12/h4,7H,3,5-6,8H2,1-2H3. The highest BCUT2D eigenvalue weighted by Gasteiger charge is 2.41. The molecule has 6 heteroatoms. The number of halogens is 1. The van der Waals surface area contributed by atoms with E-state index in [4.69, 9.17) is 11.6 Å². The zero-order chi connectivity index (χ0) is 12.7. The minimum atomic E-state index is -3.39. The summed E-state index contributed by atoms with van der Waals surface area (Å²) in [5, 5.41) is 1.79. The molecule has 1 aliphatic heterocycles. The number of alkyl halides is 1. The Kier molecular flexibility index (Phi) is 3.56. The highest BCUT2D eigenvalue weighted by atomic mass is 35.5. The molecule has 0 aromatic carbocycles. The third-order valence-electron chi connectivity index (χ3n) is 3.22. The number of hydrogen-bond acceptors (Lipinski definition) is 3. The van der Waals surface area contributed by atoms with Crippen LogP contribution in [0, 0.1) is 0 Å². The van der Waals surface area contributed by atoms with E-state index < -0.39 is 10.0 Å². The van der Waals surface area contributed by atoms with Crippen molar-refractivity contribution in [3.8, 4) is 0 Å². The molecule has 1 aliphatic rings. The summed E-state index contributed by atoms with van der Waals surface area (Å²) in [7, 11) is -3.39. The van der Waals surface area contributed by atoms with Crippen LogP contribution in [0.15, 0.2) is 16.3 Å². The van der Waals surface area contributed by atoms with Crippen LogP contribution < -0.4 is 0 Å². The molecule has 0 saturated carbocycles. The monoisotopic (exact) mass is 293 g/mol. The lowest BCUT2D eigenvalue weighted by Gasteiger charge is -2.30. The molecule has 0 unspecified atom stereocenters. The van der Waals surface area contributed by atoms with Crippen molar-refractivity contribution in [2.45, 2.75) is 43.0 Å². The van der Waals surface area contributed by atoms with Gasteiger partial charge in [0, 0.05) is 17.0 Å². The number of nitrogens with zero attached hydrogens (tertiary/aromatic N) is 1. The SMILES string of the molecule is CC1(C)CCCN1S(=O)(=O)c1ccsc1CCl. The van der Waals surface area contributed by atoms with E-state index in [1.165, 1.54) is 11.3 Å². The normalized spacial score (nSPS) is 20.9. The summed E-state index contributed by atoms with van der Waals surface area (Å²) in [5.41, 5.74) is -0.287. The molecule has 3 nitrogen and oxygen atoms in total. The first kappa shape index (κ1) is 13.3. The summed E-state index contributed by atoms with van der Waals surface area (Å²) in [4.78, 5) is 1.11. The maximum atomic E-state index is 12.6. The van der Waals surface area contributed by atoms with Crippen molar-refractivity contribution in [2.24, 2.45) is 0 Å². The van der Waals surface area contributed by atoms with E-state index in [2.05, 4.69) is 0 Å². The van der Waals surface area contributed by atoms with Crippen molar-refractivity contribution in [1.29, 1.82) is 0 Å². The molecule has 0 spiro atoms. The van der Waals surface area contributed by atoms with Crippen LogP contribution in [0.5, 0.6) is 0 Å². The molecule has 17 heavy (non-hydrogen) atoms. The van der Waals surface area contributed by atoms with Gasteiger partial charge in [-0.2, -0.15) is 4.31 Å². The maximum absolute atomic E-state index is 12.6. The summed E-state index contributed by atoms with van der Waals surface area (Å²) < 4.78 is 26.7. The summed E-state index contributed by atoms with van der Waals surface area (Å²) >= 11 is 7.18. The van der Waals surface area contributed by atoms with Gasteiger partial charge in [0.05, 0.1) is 10.8 Å². The van der Waals surface area contributed by atoms with Gasteiger partial charge in [0.25, 0.3) is 0 Å².